The number of hydrogen-bond acceptors (Lipinski definition) is 4. The first kappa shape index (κ1) is 16.2. The molecular weight excluding hydrogens is 324 g/mol. The molecule has 2 aromatic rings. The number of phenolic OH excluding ortho intramolecular Hbond substituents is 1. The molecule has 0 saturated heterocycles. The number of aromatic hydroxyl groups is 1. The van der Waals surface area contributed by atoms with E-state index in [4.69, 9.17) is 33.3 Å². The van der Waals surface area contributed by atoms with Crippen molar-refractivity contribution >= 4 is 40.3 Å². The van der Waals surface area contributed by atoms with Gasteiger partial charge in [-0.3, -0.25) is 0 Å². The van der Waals surface area contributed by atoms with E-state index in [0.29, 0.717) is 27.3 Å². The van der Waals surface area contributed by atoms with Crippen LogP contribution in [0.15, 0.2) is 36.4 Å². The summed E-state index contributed by atoms with van der Waals surface area (Å²) in [6.07, 6.45) is 0. The molecule has 0 aliphatic carbocycles. The fourth-order valence-electron chi connectivity index (χ4n) is 1.79. The maximum absolute atomic E-state index is 9.25. The molecule has 0 aromatic heterocycles. The van der Waals surface area contributed by atoms with Crippen molar-refractivity contribution in [1.29, 1.82) is 0 Å². The number of nitrogens with one attached hydrogen (secondary N) is 2. The van der Waals surface area contributed by atoms with Crippen molar-refractivity contribution in [2.75, 3.05) is 24.9 Å². The highest BCUT2D eigenvalue weighted by Gasteiger charge is 2.11. The number of anilines is 2. The van der Waals surface area contributed by atoms with Gasteiger partial charge in [0.15, 0.2) is 5.11 Å². The summed E-state index contributed by atoms with van der Waals surface area (Å²) < 4.78 is 10.4. The lowest BCUT2D eigenvalue weighted by atomic mass is 10.2. The largest absolute Gasteiger partial charge is 0.508 e. The molecule has 0 saturated carbocycles. The number of benzene rings is 2. The number of rotatable bonds is 4. The molecule has 7 heteroatoms. The van der Waals surface area contributed by atoms with E-state index >= 15 is 0 Å². The summed E-state index contributed by atoms with van der Waals surface area (Å²) in [6.45, 7) is 0. The Labute approximate surface area is 138 Å². The maximum atomic E-state index is 9.25. The average Bonchev–Trinajstić information content (AvgIpc) is 2.50. The van der Waals surface area contributed by atoms with E-state index in [1.807, 2.05) is 0 Å². The van der Waals surface area contributed by atoms with Gasteiger partial charge in [0.1, 0.15) is 17.2 Å². The molecule has 3 N–H and O–H groups in total. The Morgan fingerprint density at radius 2 is 1.68 bits per heavy atom. The van der Waals surface area contributed by atoms with Gasteiger partial charge in [0.2, 0.25) is 0 Å². The van der Waals surface area contributed by atoms with Crippen LogP contribution in [0.5, 0.6) is 17.2 Å². The average molecular weight is 339 g/mol. The van der Waals surface area contributed by atoms with Gasteiger partial charge in [-0.2, -0.15) is 0 Å². The molecule has 22 heavy (non-hydrogen) atoms. The highest BCUT2D eigenvalue weighted by molar-refractivity contribution is 7.80. The monoisotopic (exact) mass is 338 g/mol. The van der Waals surface area contributed by atoms with Crippen molar-refractivity contribution in [2.45, 2.75) is 0 Å². The van der Waals surface area contributed by atoms with Crippen LogP contribution in [0.25, 0.3) is 0 Å². The van der Waals surface area contributed by atoms with E-state index in [1.54, 1.807) is 43.5 Å². The molecule has 0 heterocycles. The lowest BCUT2D eigenvalue weighted by Gasteiger charge is -2.15. The number of thiocarbonyl (C=S) groups is 1. The minimum atomic E-state index is 0.188. The lowest BCUT2D eigenvalue weighted by Crippen LogP contribution is -2.19. The molecule has 0 amide bonds. The van der Waals surface area contributed by atoms with Gasteiger partial charge in [-0.05, 0) is 42.5 Å². The van der Waals surface area contributed by atoms with E-state index in [9.17, 15) is 5.11 Å². The van der Waals surface area contributed by atoms with Crippen LogP contribution in [0.4, 0.5) is 11.4 Å². The Kier molecular flexibility index (Phi) is 5.30. The molecule has 5 nitrogen and oxygen atoms in total. The summed E-state index contributed by atoms with van der Waals surface area (Å²) in [5.74, 6) is 1.26. The summed E-state index contributed by atoms with van der Waals surface area (Å²) in [6, 6.07) is 9.90. The third kappa shape index (κ3) is 3.93. The summed E-state index contributed by atoms with van der Waals surface area (Å²) in [4.78, 5) is 0. The maximum Gasteiger partial charge on any atom is 0.175 e. The van der Waals surface area contributed by atoms with Gasteiger partial charge in [0.05, 0.1) is 24.9 Å². The smallest absolute Gasteiger partial charge is 0.175 e. The molecule has 0 spiro atoms. The van der Waals surface area contributed by atoms with E-state index in [-0.39, 0.29) is 5.75 Å². The fraction of sp³-hybridized carbons (Fsp3) is 0.133. The van der Waals surface area contributed by atoms with Gasteiger partial charge in [0, 0.05) is 11.8 Å². The lowest BCUT2D eigenvalue weighted by molar-refractivity contribution is 0.396. The molecule has 116 valence electrons. The van der Waals surface area contributed by atoms with E-state index < -0.39 is 0 Å². The van der Waals surface area contributed by atoms with Gasteiger partial charge >= 0.3 is 0 Å². The third-order valence-corrected chi connectivity index (χ3v) is 3.35. The Morgan fingerprint density at radius 3 is 2.27 bits per heavy atom. The summed E-state index contributed by atoms with van der Waals surface area (Å²) in [5.41, 5.74) is 1.36. The van der Waals surface area contributed by atoms with Gasteiger partial charge < -0.3 is 25.2 Å². The van der Waals surface area contributed by atoms with Gasteiger partial charge in [-0.25, -0.2) is 0 Å². The van der Waals surface area contributed by atoms with Gasteiger partial charge in [-0.15, -0.1) is 0 Å². The summed E-state index contributed by atoms with van der Waals surface area (Å²) >= 11 is 11.4. The van der Waals surface area contributed by atoms with Crippen molar-refractivity contribution in [3.8, 4) is 17.2 Å². The van der Waals surface area contributed by atoms with E-state index in [1.165, 1.54) is 7.11 Å². The molecule has 0 fully saturated rings. The van der Waals surface area contributed by atoms with Crippen molar-refractivity contribution in [3.05, 3.63) is 41.4 Å². The SMILES string of the molecule is COc1cc(OC)c(NC(=S)Nc2ccc(O)cc2)cc1Cl. The van der Waals surface area contributed by atoms with Crippen LogP contribution >= 0.6 is 23.8 Å². The number of methoxy groups -OCH3 is 2. The first-order valence-corrected chi connectivity index (χ1v) is 7.10. The molecule has 0 aliphatic heterocycles. The first-order chi connectivity index (χ1) is 10.5. The number of ether oxygens (including phenoxy) is 2. The minimum absolute atomic E-state index is 0.188. The van der Waals surface area contributed by atoms with E-state index in [0.717, 1.165) is 5.69 Å². The predicted octanol–water partition coefficient (Wildman–Crippen LogP) is 3.87. The standard InChI is InChI=1S/C15H15ClN2O3S/c1-20-13-8-14(21-2)12(7-11(13)16)18-15(22)17-9-3-5-10(19)6-4-9/h3-8,19H,1-2H3,(H2,17,18,22). The molecular formula is C15H15ClN2O3S. The minimum Gasteiger partial charge on any atom is -0.508 e. The Morgan fingerprint density at radius 1 is 1.05 bits per heavy atom. The molecule has 0 bridgehead atoms. The summed E-state index contributed by atoms with van der Waals surface area (Å²) in [5, 5.41) is 16.1. The third-order valence-electron chi connectivity index (χ3n) is 2.85. The second kappa shape index (κ2) is 7.20. The highest BCUT2D eigenvalue weighted by atomic mass is 35.5. The molecule has 0 atom stereocenters. The van der Waals surface area contributed by atoms with Crippen LogP contribution in [-0.2, 0) is 0 Å². The Bertz CT molecular complexity index is 677. The summed E-state index contributed by atoms with van der Waals surface area (Å²) in [7, 11) is 3.08. The molecule has 2 aromatic carbocycles. The predicted molar refractivity (Wildman–Crippen MR) is 92.5 cm³/mol. The quantitative estimate of drug-likeness (QED) is 0.581. The molecule has 0 aliphatic rings. The number of phenols is 1. The molecule has 2 rings (SSSR count). The van der Waals surface area contributed by atoms with Crippen molar-refractivity contribution in [1.82, 2.24) is 0 Å². The first-order valence-electron chi connectivity index (χ1n) is 6.32. The zero-order valence-electron chi connectivity index (χ0n) is 12.0. The number of halogens is 1. The second-order valence-electron chi connectivity index (χ2n) is 4.31. The topological polar surface area (TPSA) is 62.8 Å². The van der Waals surface area contributed by atoms with Crippen molar-refractivity contribution < 1.29 is 14.6 Å². The normalized spacial score (nSPS) is 9.95. The van der Waals surface area contributed by atoms with Crippen LogP contribution in [0.2, 0.25) is 5.02 Å². The van der Waals surface area contributed by atoms with Crippen LogP contribution in [-0.4, -0.2) is 24.4 Å². The number of hydrogen-bond donors (Lipinski definition) is 3. The van der Waals surface area contributed by atoms with E-state index in [2.05, 4.69) is 10.6 Å². The molecule has 0 radical (unpaired) electrons. The van der Waals surface area contributed by atoms with Crippen molar-refractivity contribution in [2.24, 2.45) is 0 Å². The van der Waals surface area contributed by atoms with Gasteiger partial charge in [0.25, 0.3) is 0 Å². The zero-order valence-corrected chi connectivity index (χ0v) is 13.6. The Hall–Kier alpha value is -2.18. The highest BCUT2D eigenvalue weighted by Crippen LogP contribution is 2.35. The fourth-order valence-corrected chi connectivity index (χ4v) is 2.26. The second-order valence-corrected chi connectivity index (χ2v) is 5.13. The zero-order chi connectivity index (χ0) is 16.1. The Balaban J connectivity index is 2.14. The van der Waals surface area contributed by atoms with Crippen LogP contribution in [0, 0.1) is 0 Å². The van der Waals surface area contributed by atoms with Crippen LogP contribution < -0.4 is 20.1 Å². The van der Waals surface area contributed by atoms with Crippen LogP contribution in [0.1, 0.15) is 0 Å². The van der Waals surface area contributed by atoms with Gasteiger partial charge in [-0.1, -0.05) is 11.6 Å². The van der Waals surface area contributed by atoms with Crippen LogP contribution in [0.3, 0.4) is 0 Å². The molecule has 0 unspecified atom stereocenters. The van der Waals surface area contributed by atoms with Crippen molar-refractivity contribution in [3.63, 3.8) is 0 Å².